The summed E-state index contributed by atoms with van der Waals surface area (Å²) in [5.41, 5.74) is 3.84. The molecule has 132 valence electrons. The molecule has 0 aromatic heterocycles. The molecule has 0 bridgehead atoms. The normalized spacial score (nSPS) is 17.2. The van der Waals surface area contributed by atoms with Crippen LogP contribution in [-0.2, 0) is 14.9 Å². The number of nitrogens with one attached hydrogen (secondary N) is 1. The second-order valence-electron chi connectivity index (χ2n) is 7.12. The maximum absolute atomic E-state index is 13.3. The van der Waals surface area contributed by atoms with E-state index >= 15 is 0 Å². The predicted octanol–water partition coefficient (Wildman–Crippen LogP) is 5.15. The van der Waals surface area contributed by atoms with Gasteiger partial charge in [0.15, 0.2) is 0 Å². The summed E-state index contributed by atoms with van der Waals surface area (Å²) < 4.78 is 5.39. The third-order valence-corrected chi connectivity index (χ3v) is 5.43. The molecule has 3 nitrogen and oxygen atoms in total. The Kier molecular flexibility index (Phi) is 5.24. The number of benzene rings is 2. The molecule has 0 heterocycles. The average molecular weight is 337 g/mol. The number of aryl methyl sites for hydroxylation is 1. The Morgan fingerprint density at radius 1 is 1.12 bits per heavy atom. The molecule has 0 saturated heterocycles. The zero-order chi connectivity index (χ0) is 17.9. The second-order valence-corrected chi connectivity index (χ2v) is 7.12. The number of methoxy groups -OCH3 is 1. The van der Waals surface area contributed by atoms with E-state index in [2.05, 4.69) is 36.5 Å². The Morgan fingerprint density at radius 2 is 1.84 bits per heavy atom. The van der Waals surface area contributed by atoms with Gasteiger partial charge in [0.2, 0.25) is 5.91 Å². The van der Waals surface area contributed by atoms with Crippen LogP contribution in [0.25, 0.3) is 0 Å². The molecular weight excluding hydrogens is 310 g/mol. The number of hydrogen-bond acceptors (Lipinski definition) is 2. The highest BCUT2D eigenvalue weighted by Crippen LogP contribution is 2.42. The van der Waals surface area contributed by atoms with Crippen molar-refractivity contribution in [3.63, 3.8) is 0 Å². The Labute approximate surface area is 150 Å². The molecule has 1 amide bonds. The lowest BCUT2D eigenvalue weighted by atomic mass is 9.77. The molecule has 0 radical (unpaired) electrons. The van der Waals surface area contributed by atoms with Gasteiger partial charge in [-0.15, -0.1) is 0 Å². The number of anilines is 1. The molecule has 25 heavy (non-hydrogen) atoms. The molecule has 1 saturated carbocycles. The van der Waals surface area contributed by atoms with Crippen LogP contribution in [0.15, 0.2) is 48.5 Å². The summed E-state index contributed by atoms with van der Waals surface area (Å²) in [6.45, 7) is 4.09. The highest BCUT2D eigenvalue weighted by molar-refractivity contribution is 5.99. The van der Waals surface area contributed by atoms with Crippen LogP contribution in [-0.4, -0.2) is 13.0 Å². The van der Waals surface area contributed by atoms with Crippen LogP contribution in [0.5, 0.6) is 0 Å². The van der Waals surface area contributed by atoms with E-state index in [0.717, 1.165) is 42.5 Å². The van der Waals surface area contributed by atoms with Crippen LogP contribution in [0.4, 0.5) is 5.69 Å². The summed E-state index contributed by atoms with van der Waals surface area (Å²) in [5, 5.41) is 3.17. The summed E-state index contributed by atoms with van der Waals surface area (Å²) in [7, 11) is 1.70. The van der Waals surface area contributed by atoms with Gasteiger partial charge in [-0.05, 0) is 49.9 Å². The fourth-order valence-corrected chi connectivity index (χ4v) is 3.82. The average Bonchev–Trinajstić information content (AvgIpc) is 3.12. The number of carbonyl (C=O) groups excluding carboxylic acids is 1. The van der Waals surface area contributed by atoms with Gasteiger partial charge in [0.05, 0.1) is 11.5 Å². The summed E-state index contributed by atoms with van der Waals surface area (Å²) in [6, 6.07) is 16.3. The van der Waals surface area contributed by atoms with Crippen molar-refractivity contribution in [3.8, 4) is 0 Å². The van der Waals surface area contributed by atoms with E-state index in [4.69, 9.17) is 4.74 Å². The minimum Gasteiger partial charge on any atom is -0.377 e. The molecular formula is C22H27NO2. The van der Waals surface area contributed by atoms with Gasteiger partial charge in [0.25, 0.3) is 0 Å². The number of rotatable bonds is 5. The minimum absolute atomic E-state index is 0.00839. The monoisotopic (exact) mass is 337 g/mol. The van der Waals surface area contributed by atoms with Gasteiger partial charge >= 0.3 is 0 Å². The van der Waals surface area contributed by atoms with Crippen LogP contribution in [0, 0.1) is 6.92 Å². The van der Waals surface area contributed by atoms with Gasteiger partial charge in [-0.3, -0.25) is 4.79 Å². The van der Waals surface area contributed by atoms with Crippen molar-refractivity contribution in [1.82, 2.24) is 0 Å². The molecule has 3 rings (SSSR count). The van der Waals surface area contributed by atoms with E-state index in [1.54, 1.807) is 7.11 Å². The minimum atomic E-state index is -0.408. The molecule has 1 aliphatic rings. The van der Waals surface area contributed by atoms with Crippen molar-refractivity contribution < 1.29 is 9.53 Å². The predicted molar refractivity (Wildman–Crippen MR) is 102 cm³/mol. The molecule has 3 heteroatoms. The SMILES string of the molecule is COC(C)c1cccc(NC(=O)C2(c3cccc(C)c3)CCCC2)c1. The first kappa shape index (κ1) is 17.7. The Balaban J connectivity index is 1.88. The summed E-state index contributed by atoms with van der Waals surface area (Å²) in [6.07, 6.45) is 4.03. The molecule has 1 atom stereocenters. The van der Waals surface area contributed by atoms with Crippen LogP contribution >= 0.6 is 0 Å². The summed E-state index contributed by atoms with van der Waals surface area (Å²) in [5.74, 6) is 0.109. The zero-order valence-electron chi connectivity index (χ0n) is 15.3. The Hall–Kier alpha value is -2.13. The zero-order valence-corrected chi connectivity index (χ0v) is 15.3. The maximum atomic E-state index is 13.3. The fourth-order valence-electron chi connectivity index (χ4n) is 3.82. The second kappa shape index (κ2) is 7.40. The topological polar surface area (TPSA) is 38.3 Å². The third kappa shape index (κ3) is 3.62. The van der Waals surface area contributed by atoms with Crippen molar-refractivity contribution in [1.29, 1.82) is 0 Å². The largest absolute Gasteiger partial charge is 0.377 e. The molecule has 0 aliphatic heterocycles. The summed E-state index contributed by atoms with van der Waals surface area (Å²) in [4.78, 5) is 13.3. The van der Waals surface area contributed by atoms with Crippen molar-refractivity contribution in [3.05, 3.63) is 65.2 Å². The van der Waals surface area contributed by atoms with Gasteiger partial charge in [0, 0.05) is 12.8 Å². The van der Waals surface area contributed by atoms with Crippen LogP contribution in [0.3, 0.4) is 0 Å². The Morgan fingerprint density at radius 3 is 2.52 bits per heavy atom. The van der Waals surface area contributed by atoms with Crippen molar-refractivity contribution in [2.45, 2.75) is 51.0 Å². The lowest BCUT2D eigenvalue weighted by Crippen LogP contribution is -2.38. The number of ether oxygens (including phenoxy) is 1. The number of amides is 1. The summed E-state index contributed by atoms with van der Waals surface area (Å²) >= 11 is 0. The van der Waals surface area contributed by atoms with Crippen LogP contribution in [0.1, 0.15) is 55.4 Å². The van der Waals surface area contributed by atoms with Crippen molar-refractivity contribution >= 4 is 11.6 Å². The van der Waals surface area contributed by atoms with Crippen LogP contribution < -0.4 is 5.32 Å². The smallest absolute Gasteiger partial charge is 0.235 e. The van der Waals surface area contributed by atoms with Gasteiger partial charge in [0.1, 0.15) is 0 Å². The number of hydrogen-bond donors (Lipinski definition) is 1. The fraction of sp³-hybridized carbons (Fsp3) is 0.409. The first-order valence-electron chi connectivity index (χ1n) is 9.06. The third-order valence-electron chi connectivity index (χ3n) is 5.43. The van der Waals surface area contributed by atoms with E-state index in [-0.39, 0.29) is 12.0 Å². The van der Waals surface area contributed by atoms with Crippen molar-refractivity contribution in [2.75, 3.05) is 12.4 Å². The molecule has 1 unspecified atom stereocenters. The molecule has 1 fully saturated rings. The molecule has 2 aromatic rings. The quantitative estimate of drug-likeness (QED) is 0.819. The molecule has 1 N–H and O–H groups in total. The first-order chi connectivity index (χ1) is 12.0. The van der Waals surface area contributed by atoms with Gasteiger partial charge < -0.3 is 10.1 Å². The van der Waals surface area contributed by atoms with E-state index < -0.39 is 5.41 Å². The van der Waals surface area contributed by atoms with Gasteiger partial charge in [-0.1, -0.05) is 54.8 Å². The molecule has 1 aliphatic carbocycles. The molecule has 0 spiro atoms. The number of carbonyl (C=O) groups is 1. The Bertz CT molecular complexity index is 747. The molecule has 2 aromatic carbocycles. The lowest BCUT2D eigenvalue weighted by Gasteiger charge is -2.29. The van der Waals surface area contributed by atoms with Crippen molar-refractivity contribution in [2.24, 2.45) is 0 Å². The van der Waals surface area contributed by atoms with E-state index in [1.165, 1.54) is 5.56 Å². The first-order valence-corrected chi connectivity index (χ1v) is 9.06. The van der Waals surface area contributed by atoms with Gasteiger partial charge in [-0.2, -0.15) is 0 Å². The maximum Gasteiger partial charge on any atom is 0.235 e. The highest BCUT2D eigenvalue weighted by Gasteiger charge is 2.42. The van der Waals surface area contributed by atoms with E-state index in [0.29, 0.717) is 0 Å². The highest BCUT2D eigenvalue weighted by atomic mass is 16.5. The van der Waals surface area contributed by atoms with E-state index in [9.17, 15) is 4.79 Å². The standard InChI is InChI=1S/C22H27NO2/c1-16-8-6-10-19(14-16)22(12-4-5-13-22)21(24)23-20-11-7-9-18(15-20)17(2)25-3/h6-11,14-15,17H,4-5,12-13H2,1-3H3,(H,23,24). The van der Waals surface area contributed by atoms with E-state index in [1.807, 2.05) is 31.2 Å². The van der Waals surface area contributed by atoms with Crippen LogP contribution in [0.2, 0.25) is 0 Å². The van der Waals surface area contributed by atoms with Gasteiger partial charge in [-0.25, -0.2) is 0 Å². The lowest BCUT2D eigenvalue weighted by molar-refractivity contribution is -0.121.